The molecule has 34 heavy (non-hydrogen) atoms. The molecule has 1 saturated heterocycles. The highest BCUT2D eigenvalue weighted by molar-refractivity contribution is 5.93. The Morgan fingerprint density at radius 1 is 1.18 bits per heavy atom. The van der Waals surface area contributed by atoms with Crippen LogP contribution in [-0.4, -0.2) is 47.3 Å². The smallest absolute Gasteiger partial charge is 0.315 e. The van der Waals surface area contributed by atoms with Crippen molar-refractivity contribution < 1.29 is 27.5 Å². The number of benzene rings is 1. The molecule has 1 aromatic carbocycles. The van der Waals surface area contributed by atoms with E-state index < -0.39 is 35.0 Å². The fraction of sp³-hybridized carbons (Fsp3) is 0.435. The topological polar surface area (TPSA) is 101 Å². The SMILES string of the molecule is C[C@H](COC1CCC2NC(=O)NC2C1)NC(=O)c1cccn(Cc2cc(F)c(F)c(F)c2)c1=O. The summed E-state index contributed by atoms with van der Waals surface area (Å²) in [5.41, 5.74) is -0.750. The molecular formula is C23H25F3N4O4. The van der Waals surface area contributed by atoms with Gasteiger partial charge in [0.2, 0.25) is 0 Å². The lowest BCUT2D eigenvalue weighted by Gasteiger charge is -2.31. The molecule has 2 aromatic rings. The molecule has 182 valence electrons. The fourth-order valence-corrected chi connectivity index (χ4v) is 4.35. The molecule has 1 aliphatic carbocycles. The zero-order chi connectivity index (χ0) is 24.4. The van der Waals surface area contributed by atoms with Crippen LogP contribution in [0, 0.1) is 17.5 Å². The highest BCUT2D eigenvalue weighted by Crippen LogP contribution is 2.24. The summed E-state index contributed by atoms with van der Waals surface area (Å²) in [6, 6.07) is 4.01. The van der Waals surface area contributed by atoms with E-state index in [4.69, 9.17) is 4.74 Å². The van der Waals surface area contributed by atoms with Gasteiger partial charge in [-0.05, 0) is 56.0 Å². The quantitative estimate of drug-likeness (QED) is 0.531. The van der Waals surface area contributed by atoms with Crippen LogP contribution in [0.15, 0.2) is 35.3 Å². The molecule has 1 aromatic heterocycles. The van der Waals surface area contributed by atoms with Crippen LogP contribution in [0.5, 0.6) is 0 Å². The molecule has 2 fully saturated rings. The molecule has 1 saturated carbocycles. The summed E-state index contributed by atoms with van der Waals surface area (Å²) in [6.07, 6.45) is 3.60. The number of nitrogens with zero attached hydrogens (tertiary/aromatic N) is 1. The minimum Gasteiger partial charge on any atom is -0.376 e. The van der Waals surface area contributed by atoms with Gasteiger partial charge in [0.25, 0.3) is 11.5 Å². The highest BCUT2D eigenvalue weighted by atomic mass is 19.2. The highest BCUT2D eigenvalue weighted by Gasteiger charge is 2.37. The number of carbonyl (C=O) groups is 2. The molecular weight excluding hydrogens is 453 g/mol. The second-order valence-corrected chi connectivity index (χ2v) is 8.70. The summed E-state index contributed by atoms with van der Waals surface area (Å²) in [7, 11) is 0. The number of rotatable bonds is 7. The average molecular weight is 478 g/mol. The van der Waals surface area contributed by atoms with Crippen LogP contribution in [0.2, 0.25) is 0 Å². The summed E-state index contributed by atoms with van der Waals surface area (Å²) >= 11 is 0. The lowest BCUT2D eigenvalue weighted by molar-refractivity contribution is 0.00950. The number of amides is 3. The molecule has 11 heteroatoms. The van der Waals surface area contributed by atoms with E-state index in [9.17, 15) is 27.6 Å². The van der Waals surface area contributed by atoms with Gasteiger partial charge in [-0.15, -0.1) is 0 Å². The maximum atomic E-state index is 13.5. The third-order valence-electron chi connectivity index (χ3n) is 6.06. The van der Waals surface area contributed by atoms with Crippen molar-refractivity contribution in [1.82, 2.24) is 20.5 Å². The number of nitrogens with one attached hydrogen (secondary N) is 3. The van der Waals surface area contributed by atoms with Gasteiger partial charge in [0.15, 0.2) is 17.5 Å². The Balaban J connectivity index is 1.34. The van der Waals surface area contributed by atoms with Crippen molar-refractivity contribution in [3.05, 3.63) is 69.4 Å². The van der Waals surface area contributed by atoms with Crippen LogP contribution in [0.25, 0.3) is 0 Å². The second-order valence-electron chi connectivity index (χ2n) is 8.70. The molecule has 0 radical (unpaired) electrons. The Bertz CT molecular complexity index is 1130. The average Bonchev–Trinajstić information content (AvgIpc) is 3.16. The van der Waals surface area contributed by atoms with E-state index in [0.717, 1.165) is 29.5 Å². The largest absolute Gasteiger partial charge is 0.376 e. The van der Waals surface area contributed by atoms with Crippen LogP contribution < -0.4 is 21.5 Å². The van der Waals surface area contributed by atoms with E-state index >= 15 is 0 Å². The molecule has 3 N–H and O–H groups in total. The molecule has 0 spiro atoms. The van der Waals surface area contributed by atoms with Crippen LogP contribution in [0.3, 0.4) is 0 Å². The Hall–Kier alpha value is -3.34. The minimum atomic E-state index is -1.59. The van der Waals surface area contributed by atoms with Gasteiger partial charge in [0.05, 0.1) is 31.3 Å². The number of carbonyl (C=O) groups excluding carboxylic acids is 2. The first-order valence-corrected chi connectivity index (χ1v) is 11.0. The van der Waals surface area contributed by atoms with Gasteiger partial charge < -0.3 is 25.3 Å². The maximum Gasteiger partial charge on any atom is 0.315 e. The van der Waals surface area contributed by atoms with Crippen LogP contribution >= 0.6 is 0 Å². The summed E-state index contributed by atoms with van der Waals surface area (Å²) < 4.78 is 47.2. The molecule has 4 rings (SSSR count). The van der Waals surface area contributed by atoms with Crippen molar-refractivity contribution >= 4 is 11.9 Å². The number of urea groups is 1. The summed E-state index contributed by atoms with van der Waals surface area (Å²) in [5, 5.41) is 8.46. The van der Waals surface area contributed by atoms with Crippen molar-refractivity contribution in [2.24, 2.45) is 0 Å². The molecule has 0 bridgehead atoms. The van der Waals surface area contributed by atoms with Crippen LogP contribution in [0.4, 0.5) is 18.0 Å². The molecule has 8 nitrogen and oxygen atoms in total. The maximum absolute atomic E-state index is 13.5. The van der Waals surface area contributed by atoms with Crippen molar-refractivity contribution in [2.75, 3.05) is 6.61 Å². The van der Waals surface area contributed by atoms with E-state index in [1.807, 2.05) is 0 Å². The van der Waals surface area contributed by atoms with E-state index in [2.05, 4.69) is 16.0 Å². The first-order chi connectivity index (χ1) is 16.2. The molecule has 4 atom stereocenters. The van der Waals surface area contributed by atoms with Gasteiger partial charge in [-0.3, -0.25) is 9.59 Å². The third-order valence-corrected chi connectivity index (χ3v) is 6.06. The first-order valence-electron chi connectivity index (χ1n) is 11.0. The monoisotopic (exact) mass is 478 g/mol. The summed E-state index contributed by atoms with van der Waals surface area (Å²) in [6.45, 7) is 1.74. The molecule has 3 amide bonds. The summed E-state index contributed by atoms with van der Waals surface area (Å²) in [4.78, 5) is 36.9. The first kappa shape index (κ1) is 23.8. The number of pyridine rings is 1. The number of hydrogen-bond donors (Lipinski definition) is 3. The predicted octanol–water partition coefficient (Wildman–Crippen LogP) is 2.05. The van der Waals surface area contributed by atoms with Crippen LogP contribution in [0.1, 0.15) is 42.1 Å². The molecule has 2 heterocycles. The molecule has 2 aliphatic rings. The van der Waals surface area contributed by atoms with Gasteiger partial charge in [0, 0.05) is 12.2 Å². The van der Waals surface area contributed by atoms with Gasteiger partial charge in [0.1, 0.15) is 5.56 Å². The van der Waals surface area contributed by atoms with E-state index in [0.29, 0.717) is 6.42 Å². The molecule has 3 unspecified atom stereocenters. The zero-order valence-corrected chi connectivity index (χ0v) is 18.4. The van der Waals surface area contributed by atoms with E-state index in [-0.39, 0.29) is 48.5 Å². The molecule has 1 aliphatic heterocycles. The Kier molecular flexibility index (Phi) is 6.92. The summed E-state index contributed by atoms with van der Waals surface area (Å²) in [5.74, 6) is -4.90. The Labute approximate surface area is 193 Å². The Morgan fingerprint density at radius 3 is 2.62 bits per heavy atom. The van der Waals surface area contributed by atoms with Crippen LogP contribution in [-0.2, 0) is 11.3 Å². The predicted molar refractivity (Wildman–Crippen MR) is 116 cm³/mol. The van der Waals surface area contributed by atoms with Gasteiger partial charge in [-0.25, -0.2) is 18.0 Å². The Morgan fingerprint density at radius 2 is 1.88 bits per heavy atom. The van der Waals surface area contributed by atoms with Gasteiger partial charge in [-0.2, -0.15) is 0 Å². The van der Waals surface area contributed by atoms with E-state index in [1.54, 1.807) is 6.92 Å². The van der Waals surface area contributed by atoms with Crippen molar-refractivity contribution in [2.45, 2.75) is 57.0 Å². The number of ether oxygens (including phenoxy) is 1. The normalized spacial score (nSPS) is 22.5. The number of aromatic nitrogens is 1. The van der Waals surface area contributed by atoms with E-state index in [1.165, 1.54) is 18.3 Å². The van der Waals surface area contributed by atoms with Crippen molar-refractivity contribution in [1.29, 1.82) is 0 Å². The number of hydrogen-bond acceptors (Lipinski definition) is 4. The van der Waals surface area contributed by atoms with Crippen molar-refractivity contribution in [3.8, 4) is 0 Å². The number of fused-ring (bicyclic) bond motifs is 1. The lowest BCUT2D eigenvalue weighted by atomic mass is 9.89. The lowest BCUT2D eigenvalue weighted by Crippen LogP contribution is -2.44. The van der Waals surface area contributed by atoms with Gasteiger partial charge in [-0.1, -0.05) is 0 Å². The standard InChI is InChI=1S/C23H25F3N4O4/c1-12(11-34-14-4-5-18-19(9-14)29-23(33)28-18)27-21(31)15-3-2-6-30(22(15)32)10-13-7-16(24)20(26)17(25)8-13/h2-3,6-8,12,14,18-19H,4-5,9-11H2,1H3,(H,27,31)(H2,28,29,33)/t12-,14?,18?,19?/m1/s1. The zero-order valence-electron chi connectivity index (χ0n) is 18.4. The van der Waals surface area contributed by atoms with Gasteiger partial charge >= 0.3 is 6.03 Å². The third kappa shape index (κ3) is 5.24. The van der Waals surface area contributed by atoms with Crippen molar-refractivity contribution in [3.63, 3.8) is 0 Å². The fourth-order valence-electron chi connectivity index (χ4n) is 4.35. The number of halogens is 3. The minimum absolute atomic E-state index is 0.0296. The second kappa shape index (κ2) is 9.88.